The summed E-state index contributed by atoms with van der Waals surface area (Å²) in [5.41, 5.74) is 0. The van der Waals surface area contributed by atoms with Crippen molar-refractivity contribution in [2.24, 2.45) is 0 Å². The van der Waals surface area contributed by atoms with Crippen LogP contribution in [0.15, 0.2) is 0 Å². The first-order chi connectivity index (χ1) is 8.58. The van der Waals surface area contributed by atoms with Gasteiger partial charge in [0.15, 0.2) is 0 Å². The first-order valence-electron chi connectivity index (χ1n) is 6.87. The summed E-state index contributed by atoms with van der Waals surface area (Å²) in [5.74, 6) is -0.177. The van der Waals surface area contributed by atoms with Crippen LogP contribution in [0.2, 0.25) is 0 Å². The molecule has 2 rings (SSSR count). The Kier molecular flexibility index (Phi) is 4.35. The number of hydrogen-bond donors (Lipinski definition) is 2. The normalized spacial score (nSPS) is 30.9. The van der Waals surface area contributed by atoms with Crippen LogP contribution in [0.4, 0.5) is 0 Å². The number of likely N-dealkylation sites (N-methyl/N-ethyl adjacent to an activating group) is 1. The predicted octanol–water partition coefficient (Wildman–Crippen LogP) is 0.254. The smallest absolute Gasteiger partial charge is 0.246 e. The Bertz CT molecular complexity index is 326. The number of carbonyl (C=O) groups is 2. The zero-order valence-corrected chi connectivity index (χ0v) is 11.2. The van der Waals surface area contributed by atoms with Gasteiger partial charge in [0, 0.05) is 19.1 Å². The van der Waals surface area contributed by atoms with Crippen molar-refractivity contribution < 1.29 is 9.59 Å². The molecule has 3 unspecified atom stereocenters. The highest BCUT2D eigenvalue weighted by atomic mass is 16.2. The zero-order valence-electron chi connectivity index (χ0n) is 11.2. The molecule has 2 amide bonds. The number of rotatable bonds is 4. The Balaban J connectivity index is 1.78. The van der Waals surface area contributed by atoms with Gasteiger partial charge in [-0.05, 0) is 32.7 Å². The molecule has 0 aromatic heterocycles. The van der Waals surface area contributed by atoms with Gasteiger partial charge in [-0.15, -0.1) is 0 Å². The van der Waals surface area contributed by atoms with E-state index in [4.69, 9.17) is 0 Å². The van der Waals surface area contributed by atoms with Crippen molar-refractivity contribution >= 4 is 11.8 Å². The lowest BCUT2D eigenvalue weighted by atomic mass is 9.98. The quantitative estimate of drug-likeness (QED) is 0.705. The Labute approximate surface area is 108 Å². The fraction of sp³-hybridized carbons (Fsp3) is 0.846. The van der Waals surface area contributed by atoms with Crippen molar-refractivity contribution in [2.45, 2.75) is 57.2 Å². The summed E-state index contributed by atoms with van der Waals surface area (Å²) in [6, 6.07) is 0.487. The van der Waals surface area contributed by atoms with E-state index in [1.54, 1.807) is 7.05 Å². The number of carbonyl (C=O) groups excluding carboxylic acids is 2. The van der Waals surface area contributed by atoms with E-state index >= 15 is 0 Å². The van der Waals surface area contributed by atoms with Crippen molar-refractivity contribution in [3.8, 4) is 0 Å². The molecule has 2 aliphatic rings. The third kappa shape index (κ3) is 3.09. The number of nitrogens with zero attached hydrogens (tertiary/aromatic N) is 1. The molecule has 2 fully saturated rings. The lowest BCUT2D eigenvalue weighted by Gasteiger charge is -2.27. The van der Waals surface area contributed by atoms with Crippen molar-refractivity contribution in [1.82, 2.24) is 15.5 Å². The monoisotopic (exact) mass is 253 g/mol. The van der Waals surface area contributed by atoms with Gasteiger partial charge >= 0.3 is 0 Å². The van der Waals surface area contributed by atoms with E-state index in [2.05, 4.69) is 17.6 Å². The van der Waals surface area contributed by atoms with E-state index in [9.17, 15) is 9.59 Å². The second-order valence-corrected chi connectivity index (χ2v) is 5.50. The van der Waals surface area contributed by atoms with E-state index in [-0.39, 0.29) is 23.9 Å². The summed E-state index contributed by atoms with van der Waals surface area (Å²) in [7, 11) is 1.56. The van der Waals surface area contributed by atoms with Crippen LogP contribution >= 0.6 is 0 Å². The predicted molar refractivity (Wildman–Crippen MR) is 69.0 cm³/mol. The molecular weight excluding hydrogens is 230 g/mol. The molecule has 2 N–H and O–H groups in total. The van der Waals surface area contributed by atoms with Gasteiger partial charge in [0.05, 0.1) is 12.5 Å². The van der Waals surface area contributed by atoms with Crippen molar-refractivity contribution in [1.29, 1.82) is 0 Å². The summed E-state index contributed by atoms with van der Waals surface area (Å²) in [6.45, 7) is 3.19. The van der Waals surface area contributed by atoms with Gasteiger partial charge in [0.25, 0.3) is 0 Å². The van der Waals surface area contributed by atoms with Crippen LogP contribution in [0.3, 0.4) is 0 Å². The molecule has 5 nitrogen and oxygen atoms in total. The molecular formula is C13H23N3O2. The Morgan fingerprint density at radius 2 is 2.22 bits per heavy atom. The second-order valence-electron chi connectivity index (χ2n) is 5.50. The summed E-state index contributed by atoms with van der Waals surface area (Å²) in [6.07, 6.45) is 5.08. The number of piperidine rings is 1. The molecule has 0 saturated carbocycles. The van der Waals surface area contributed by atoms with E-state index in [1.165, 1.54) is 24.2 Å². The van der Waals surface area contributed by atoms with E-state index in [1.807, 2.05) is 0 Å². The third-order valence-corrected chi connectivity index (χ3v) is 3.92. The molecule has 2 heterocycles. The van der Waals surface area contributed by atoms with Crippen LogP contribution in [0, 0.1) is 0 Å². The molecule has 18 heavy (non-hydrogen) atoms. The maximum atomic E-state index is 11.8. The Morgan fingerprint density at radius 1 is 1.44 bits per heavy atom. The Hall–Kier alpha value is -0.940. The van der Waals surface area contributed by atoms with Crippen LogP contribution in [-0.4, -0.2) is 48.4 Å². The highest BCUT2D eigenvalue weighted by Crippen LogP contribution is 2.15. The number of likely N-dealkylation sites (tertiary alicyclic amines) is 1. The highest BCUT2D eigenvalue weighted by Gasteiger charge is 2.36. The topological polar surface area (TPSA) is 61.4 Å². The maximum absolute atomic E-state index is 11.8. The minimum Gasteiger partial charge on any atom is -0.314 e. The molecule has 3 atom stereocenters. The number of nitrogens with one attached hydrogen (secondary N) is 2. The van der Waals surface area contributed by atoms with E-state index < -0.39 is 0 Å². The van der Waals surface area contributed by atoms with Gasteiger partial charge in [-0.1, -0.05) is 6.42 Å². The highest BCUT2D eigenvalue weighted by molar-refractivity contribution is 6.05. The van der Waals surface area contributed by atoms with E-state index in [0.717, 1.165) is 13.0 Å². The van der Waals surface area contributed by atoms with Crippen molar-refractivity contribution in [3.05, 3.63) is 0 Å². The molecule has 0 radical (unpaired) electrons. The minimum absolute atomic E-state index is 0.0829. The second kappa shape index (κ2) is 5.80. The molecule has 0 bridgehead atoms. The van der Waals surface area contributed by atoms with Gasteiger partial charge in [0.1, 0.15) is 0 Å². The SMILES string of the molecule is CC(CC1CCCCN1)NC1CC(=O)N(C)C1=O. The minimum atomic E-state index is -0.318. The molecule has 2 saturated heterocycles. The van der Waals surface area contributed by atoms with Gasteiger partial charge < -0.3 is 10.6 Å². The molecule has 5 heteroatoms. The fourth-order valence-electron chi connectivity index (χ4n) is 2.85. The third-order valence-electron chi connectivity index (χ3n) is 3.92. The molecule has 0 aromatic rings. The van der Waals surface area contributed by atoms with Crippen LogP contribution in [0.25, 0.3) is 0 Å². The number of amides is 2. The number of imide groups is 1. The summed E-state index contributed by atoms with van der Waals surface area (Å²) in [4.78, 5) is 24.4. The molecule has 0 aliphatic carbocycles. The van der Waals surface area contributed by atoms with Crippen LogP contribution in [0.1, 0.15) is 39.0 Å². The van der Waals surface area contributed by atoms with Crippen LogP contribution < -0.4 is 10.6 Å². The largest absolute Gasteiger partial charge is 0.314 e. The molecule has 0 spiro atoms. The van der Waals surface area contributed by atoms with Gasteiger partial charge in [0.2, 0.25) is 11.8 Å². The van der Waals surface area contributed by atoms with Crippen molar-refractivity contribution in [2.75, 3.05) is 13.6 Å². The van der Waals surface area contributed by atoms with Crippen LogP contribution in [-0.2, 0) is 9.59 Å². The number of hydrogen-bond acceptors (Lipinski definition) is 4. The average Bonchev–Trinajstić information content (AvgIpc) is 2.58. The van der Waals surface area contributed by atoms with Gasteiger partial charge in [-0.2, -0.15) is 0 Å². The van der Waals surface area contributed by atoms with Crippen molar-refractivity contribution in [3.63, 3.8) is 0 Å². The molecule has 2 aliphatic heterocycles. The van der Waals surface area contributed by atoms with Gasteiger partial charge in [-0.25, -0.2) is 0 Å². The standard InChI is InChI=1S/C13H23N3O2/c1-9(7-10-5-3-4-6-14-10)15-11-8-12(17)16(2)13(11)18/h9-11,14-15H,3-8H2,1-2H3. The lowest BCUT2D eigenvalue weighted by Crippen LogP contribution is -2.45. The first-order valence-corrected chi connectivity index (χ1v) is 6.87. The lowest BCUT2D eigenvalue weighted by molar-refractivity contribution is -0.137. The molecule has 0 aromatic carbocycles. The summed E-state index contributed by atoms with van der Waals surface area (Å²) >= 11 is 0. The fourth-order valence-corrected chi connectivity index (χ4v) is 2.85. The molecule has 102 valence electrons. The van der Waals surface area contributed by atoms with Crippen LogP contribution in [0.5, 0.6) is 0 Å². The Morgan fingerprint density at radius 3 is 2.78 bits per heavy atom. The van der Waals surface area contributed by atoms with E-state index in [0.29, 0.717) is 12.5 Å². The zero-order chi connectivity index (χ0) is 13.1. The summed E-state index contributed by atoms with van der Waals surface area (Å²) in [5, 5.41) is 6.79. The summed E-state index contributed by atoms with van der Waals surface area (Å²) < 4.78 is 0. The maximum Gasteiger partial charge on any atom is 0.246 e. The van der Waals surface area contributed by atoms with Gasteiger partial charge in [-0.3, -0.25) is 14.5 Å². The first kappa shape index (κ1) is 13.5. The average molecular weight is 253 g/mol.